The first-order chi connectivity index (χ1) is 16.7. The highest BCUT2D eigenvalue weighted by molar-refractivity contribution is 5.89. The van der Waals surface area contributed by atoms with Crippen molar-refractivity contribution in [2.75, 3.05) is 6.61 Å². The van der Waals surface area contributed by atoms with Crippen LogP contribution in [-0.2, 0) is 14.3 Å². The third-order valence-electron chi connectivity index (χ3n) is 5.74. The predicted molar refractivity (Wildman–Crippen MR) is 126 cm³/mol. The molecule has 35 heavy (non-hydrogen) atoms. The number of benzene rings is 2. The number of hydrogen-bond donors (Lipinski definition) is 3. The average Bonchev–Trinajstić information content (AvgIpc) is 3.13. The molecule has 0 aromatic heterocycles. The lowest BCUT2D eigenvalue weighted by atomic mass is 9.98. The molecule has 0 saturated carbocycles. The molecule has 0 radical (unpaired) electrons. The molecule has 2 aromatic rings. The number of ether oxygens (including phenoxy) is 1. The summed E-state index contributed by atoms with van der Waals surface area (Å²) in [6.45, 7) is 3.47. The standard InChI is InChI=1S/C26H28F2N2O5/c1-15(2)11-12-21(25(32)33)29-24(31)22(13-23(27)28)30-26(34)35-14-20-18-9-5-3-7-16(18)17-8-4-6-10-19(17)20/h3-11,20-23H,12-14H2,1-2H3,(H,29,31)(H,30,34)(H,32,33). The van der Waals surface area contributed by atoms with E-state index in [1.165, 1.54) is 0 Å². The Labute approximate surface area is 202 Å². The molecule has 186 valence electrons. The van der Waals surface area contributed by atoms with Crippen LogP contribution in [0, 0.1) is 0 Å². The number of amides is 2. The van der Waals surface area contributed by atoms with E-state index >= 15 is 0 Å². The van der Waals surface area contributed by atoms with Gasteiger partial charge in [-0.25, -0.2) is 18.4 Å². The molecule has 0 bridgehead atoms. The third-order valence-corrected chi connectivity index (χ3v) is 5.74. The molecule has 3 N–H and O–H groups in total. The number of alkyl halides is 2. The van der Waals surface area contributed by atoms with Gasteiger partial charge in [0, 0.05) is 12.3 Å². The Bertz CT molecular complexity index is 1070. The number of alkyl carbamates (subject to hydrolysis) is 1. The van der Waals surface area contributed by atoms with E-state index in [4.69, 9.17) is 4.74 Å². The van der Waals surface area contributed by atoms with Crippen molar-refractivity contribution in [2.45, 2.75) is 51.1 Å². The molecule has 1 aliphatic carbocycles. The number of carbonyl (C=O) groups excluding carboxylic acids is 2. The fourth-order valence-electron chi connectivity index (χ4n) is 4.04. The zero-order valence-corrected chi connectivity index (χ0v) is 19.5. The van der Waals surface area contributed by atoms with Gasteiger partial charge in [0.25, 0.3) is 0 Å². The molecule has 0 aliphatic heterocycles. The van der Waals surface area contributed by atoms with E-state index in [1.807, 2.05) is 48.5 Å². The molecule has 0 spiro atoms. The third kappa shape index (κ3) is 6.65. The normalized spacial score (nSPS) is 13.9. The van der Waals surface area contributed by atoms with Gasteiger partial charge in [-0.05, 0) is 42.5 Å². The van der Waals surface area contributed by atoms with Gasteiger partial charge in [-0.1, -0.05) is 60.2 Å². The van der Waals surface area contributed by atoms with Gasteiger partial charge < -0.3 is 20.5 Å². The summed E-state index contributed by atoms with van der Waals surface area (Å²) in [5, 5.41) is 13.7. The van der Waals surface area contributed by atoms with Crippen LogP contribution in [0.5, 0.6) is 0 Å². The van der Waals surface area contributed by atoms with Crippen molar-refractivity contribution < 1.29 is 33.0 Å². The quantitative estimate of drug-likeness (QED) is 0.430. The van der Waals surface area contributed by atoms with Gasteiger partial charge in [0.05, 0.1) is 0 Å². The Hall–Kier alpha value is -3.75. The van der Waals surface area contributed by atoms with Crippen LogP contribution < -0.4 is 10.6 Å². The molecule has 9 heteroatoms. The SMILES string of the molecule is CC(C)=CCC(NC(=O)C(CC(F)F)NC(=O)OCC1c2ccccc2-c2ccccc21)C(=O)O. The fraction of sp³-hybridized carbons (Fsp3) is 0.346. The number of halogens is 2. The predicted octanol–water partition coefficient (Wildman–Crippen LogP) is 4.47. The summed E-state index contributed by atoms with van der Waals surface area (Å²) in [6.07, 6.45) is -3.33. The summed E-state index contributed by atoms with van der Waals surface area (Å²) >= 11 is 0. The fourth-order valence-corrected chi connectivity index (χ4v) is 4.04. The van der Waals surface area contributed by atoms with Gasteiger partial charge >= 0.3 is 12.1 Å². The van der Waals surface area contributed by atoms with E-state index in [0.717, 1.165) is 27.8 Å². The smallest absolute Gasteiger partial charge is 0.407 e. The maximum Gasteiger partial charge on any atom is 0.407 e. The first kappa shape index (κ1) is 25.9. The van der Waals surface area contributed by atoms with E-state index in [9.17, 15) is 28.3 Å². The van der Waals surface area contributed by atoms with E-state index in [0.29, 0.717) is 0 Å². The second kappa shape index (κ2) is 11.6. The van der Waals surface area contributed by atoms with Gasteiger partial charge in [0.1, 0.15) is 18.7 Å². The summed E-state index contributed by atoms with van der Waals surface area (Å²) < 4.78 is 31.6. The first-order valence-corrected chi connectivity index (χ1v) is 11.2. The molecule has 2 unspecified atom stereocenters. The average molecular weight is 487 g/mol. The van der Waals surface area contributed by atoms with Crippen LogP contribution in [0.25, 0.3) is 11.1 Å². The van der Waals surface area contributed by atoms with Crippen LogP contribution in [0.1, 0.15) is 43.7 Å². The van der Waals surface area contributed by atoms with Crippen LogP contribution in [0.3, 0.4) is 0 Å². The molecule has 1 aliphatic rings. The molecule has 2 aromatic carbocycles. The Kier molecular flexibility index (Phi) is 8.57. The first-order valence-electron chi connectivity index (χ1n) is 11.2. The summed E-state index contributed by atoms with van der Waals surface area (Å²) in [5.74, 6) is -2.57. The topological polar surface area (TPSA) is 105 Å². The largest absolute Gasteiger partial charge is 0.480 e. The van der Waals surface area contributed by atoms with Crippen molar-refractivity contribution >= 4 is 18.0 Å². The molecule has 0 saturated heterocycles. The van der Waals surface area contributed by atoms with Crippen LogP contribution in [0.15, 0.2) is 60.2 Å². The van der Waals surface area contributed by atoms with Crippen LogP contribution in [0.4, 0.5) is 13.6 Å². The van der Waals surface area contributed by atoms with Gasteiger partial charge in [-0.2, -0.15) is 0 Å². The minimum Gasteiger partial charge on any atom is -0.480 e. The number of carboxylic acid groups (broad SMARTS) is 1. The van der Waals surface area contributed by atoms with Crippen molar-refractivity contribution in [2.24, 2.45) is 0 Å². The van der Waals surface area contributed by atoms with Crippen molar-refractivity contribution in [1.82, 2.24) is 10.6 Å². The molecule has 0 heterocycles. The maximum absolute atomic E-state index is 13.1. The highest BCUT2D eigenvalue weighted by atomic mass is 19.3. The van der Waals surface area contributed by atoms with Gasteiger partial charge in [-0.3, -0.25) is 4.79 Å². The molecular weight excluding hydrogens is 458 g/mol. The molecule has 2 atom stereocenters. The Morgan fingerprint density at radius 1 is 0.971 bits per heavy atom. The van der Waals surface area contributed by atoms with Crippen LogP contribution in [0.2, 0.25) is 0 Å². The van der Waals surface area contributed by atoms with Gasteiger partial charge in [0.15, 0.2) is 0 Å². The number of carbonyl (C=O) groups is 3. The lowest BCUT2D eigenvalue weighted by Crippen LogP contribution is -2.52. The number of aliphatic carboxylic acids is 1. The van der Waals surface area contributed by atoms with E-state index in [2.05, 4.69) is 10.6 Å². The number of rotatable bonds is 10. The van der Waals surface area contributed by atoms with Gasteiger partial charge in [0.2, 0.25) is 12.3 Å². The lowest BCUT2D eigenvalue weighted by Gasteiger charge is -2.21. The zero-order valence-electron chi connectivity index (χ0n) is 19.5. The van der Waals surface area contributed by atoms with Crippen LogP contribution in [-0.4, -0.2) is 48.2 Å². The molecule has 7 nitrogen and oxygen atoms in total. The molecule has 3 rings (SSSR count). The number of allylic oxidation sites excluding steroid dienone is 1. The Balaban J connectivity index is 1.66. The number of hydrogen-bond acceptors (Lipinski definition) is 4. The summed E-state index contributed by atoms with van der Waals surface area (Å²) in [4.78, 5) is 36.5. The van der Waals surface area contributed by atoms with Crippen molar-refractivity contribution in [3.63, 3.8) is 0 Å². The monoisotopic (exact) mass is 486 g/mol. The molecule has 0 fully saturated rings. The minimum absolute atomic E-state index is 0.0181. The van der Waals surface area contributed by atoms with E-state index in [1.54, 1.807) is 19.9 Å². The van der Waals surface area contributed by atoms with Crippen molar-refractivity contribution in [1.29, 1.82) is 0 Å². The van der Waals surface area contributed by atoms with Crippen molar-refractivity contribution in [3.05, 3.63) is 71.3 Å². The molecular formula is C26H28F2N2O5. The summed E-state index contributed by atoms with van der Waals surface area (Å²) in [6, 6.07) is 12.5. The summed E-state index contributed by atoms with van der Waals surface area (Å²) in [7, 11) is 0. The zero-order chi connectivity index (χ0) is 25.5. The minimum atomic E-state index is -2.90. The second-order valence-electron chi connectivity index (χ2n) is 8.57. The highest BCUT2D eigenvalue weighted by Crippen LogP contribution is 2.44. The van der Waals surface area contributed by atoms with Crippen molar-refractivity contribution in [3.8, 4) is 11.1 Å². The number of carboxylic acids is 1. The second-order valence-corrected chi connectivity index (χ2v) is 8.57. The van der Waals surface area contributed by atoms with E-state index < -0.39 is 42.9 Å². The van der Waals surface area contributed by atoms with Crippen LogP contribution >= 0.6 is 0 Å². The number of nitrogens with one attached hydrogen (secondary N) is 2. The Morgan fingerprint density at radius 2 is 1.54 bits per heavy atom. The maximum atomic E-state index is 13.1. The summed E-state index contributed by atoms with van der Waals surface area (Å²) in [5.41, 5.74) is 4.86. The highest BCUT2D eigenvalue weighted by Gasteiger charge is 2.31. The van der Waals surface area contributed by atoms with Gasteiger partial charge in [-0.15, -0.1) is 0 Å². The molecule has 2 amide bonds. The van der Waals surface area contributed by atoms with E-state index in [-0.39, 0.29) is 18.9 Å². The Morgan fingerprint density at radius 3 is 2.06 bits per heavy atom. The lowest BCUT2D eigenvalue weighted by molar-refractivity contribution is -0.142. The number of fused-ring (bicyclic) bond motifs is 3.